The lowest BCUT2D eigenvalue weighted by atomic mass is 10.0. The summed E-state index contributed by atoms with van der Waals surface area (Å²) in [5, 5.41) is 7.28. The molecule has 0 heterocycles. The van der Waals surface area contributed by atoms with Crippen LogP contribution in [-0.2, 0) is 0 Å². The first kappa shape index (κ1) is 12.5. The lowest BCUT2D eigenvalue weighted by Crippen LogP contribution is -2.18. The molecule has 1 aromatic carbocycles. The van der Waals surface area contributed by atoms with E-state index in [1.54, 1.807) is 0 Å². The van der Waals surface area contributed by atoms with Crippen LogP contribution < -0.4 is 10.6 Å². The van der Waals surface area contributed by atoms with Crippen LogP contribution in [0.15, 0.2) is 24.3 Å². The Bertz CT molecular complexity index is 271. The Hall–Kier alpha value is -0.570. The van der Waals surface area contributed by atoms with Gasteiger partial charge in [-0.15, -0.1) is 0 Å². The standard InChI is InChI=1S/C12H19ClN2/c1-14-9-3-4-12(15-2)10-5-7-11(13)8-6-10/h5-8,12,14-15H,3-4,9H2,1-2H3. The second kappa shape index (κ2) is 6.83. The van der Waals surface area contributed by atoms with Crippen LogP contribution >= 0.6 is 11.6 Å². The van der Waals surface area contributed by atoms with Crippen LogP contribution in [0, 0.1) is 0 Å². The van der Waals surface area contributed by atoms with Gasteiger partial charge in [0.15, 0.2) is 0 Å². The molecule has 0 radical (unpaired) electrons. The summed E-state index contributed by atoms with van der Waals surface area (Å²) in [6.07, 6.45) is 2.31. The molecule has 1 aromatic rings. The van der Waals surface area contributed by atoms with E-state index in [-0.39, 0.29) is 0 Å². The normalized spacial score (nSPS) is 12.7. The van der Waals surface area contributed by atoms with Gasteiger partial charge in [0.05, 0.1) is 0 Å². The fraction of sp³-hybridized carbons (Fsp3) is 0.500. The summed E-state index contributed by atoms with van der Waals surface area (Å²) in [5.74, 6) is 0. The molecule has 0 fully saturated rings. The zero-order valence-electron chi connectivity index (χ0n) is 9.39. The van der Waals surface area contributed by atoms with E-state index in [1.807, 2.05) is 26.2 Å². The Morgan fingerprint density at radius 3 is 2.40 bits per heavy atom. The van der Waals surface area contributed by atoms with Crippen LogP contribution in [0.5, 0.6) is 0 Å². The molecule has 2 N–H and O–H groups in total. The van der Waals surface area contributed by atoms with Gasteiger partial charge in [0.1, 0.15) is 0 Å². The molecule has 0 saturated heterocycles. The van der Waals surface area contributed by atoms with Gasteiger partial charge in [-0.3, -0.25) is 0 Å². The van der Waals surface area contributed by atoms with E-state index < -0.39 is 0 Å². The van der Waals surface area contributed by atoms with Gasteiger partial charge in [-0.1, -0.05) is 23.7 Å². The molecule has 2 nitrogen and oxygen atoms in total. The van der Waals surface area contributed by atoms with Gasteiger partial charge in [-0.25, -0.2) is 0 Å². The second-order valence-corrected chi connectivity index (χ2v) is 4.08. The molecular formula is C12H19ClN2. The van der Waals surface area contributed by atoms with E-state index in [9.17, 15) is 0 Å². The van der Waals surface area contributed by atoms with Crippen molar-refractivity contribution in [3.8, 4) is 0 Å². The molecule has 0 aliphatic carbocycles. The van der Waals surface area contributed by atoms with Crippen molar-refractivity contribution in [2.75, 3.05) is 20.6 Å². The third kappa shape index (κ3) is 4.20. The molecule has 0 saturated carbocycles. The Labute approximate surface area is 97.0 Å². The smallest absolute Gasteiger partial charge is 0.0406 e. The average molecular weight is 227 g/mol. The molecule has 0 amide bonds. The maximum absolute atomic E-state index is 5.86. The first-order chi connectivity index (χ1) is 7.27. The number of benzene rings is 1. The zero-order chi connectivity index (χ0) is 11.1. The second-order valence-electron chi connectivity index (χ2n) is 3.64. The quantitative estimate of drug-likeness (QED) is 0.729. The highest BCUT2D eigenvalue weighted by molar-refractivity contribution is 6.30. The highest BCUT2D eigenvalue weighted by Gasteiger charge is 2.07. The summed E-state index contributed by atoms with van der Waals surface area (Å²) < 4.78 is 0. The minimum absolute atomic E-state index is 0.426. The van der Waals surface area contributed by atoms with Gasteiger partial charge >= 0.3 is 0 Å². The number of hydrogen-bond acceptors (Lipinski definition) is 2. The SMILES string of the molecule is CNCCCC(NC)c1ccc(Cl)cc1. The van der Waals surface area contributed by atoms with E-state index in [4.69, 9.17) is 11.6 Å². The molecule has 0 aromatic heterocycles. The predicted octanol–water partition coefficient (Wildman–Crippen LogP) is 2.60. The van der Waals surface area contributed by atoms with E-state index in [0.29, 0.717) is 6.04 Å². The highest BCUT2D eigenvalue weighted by Crippen LogP contribution is 2.19. The number of rotatable bonds is 6. The van der Waals surface area contributed by atoms with Crippen LogP contribution in [0.4, 0.5) is 0 Å². The highest BCUT2D eigenvalue weighted by atomic mass is 35.5. The van der Waals surface area contributed by atoms with Crippen molar-refractivity contribution in [3.05, 3.63) is 34.9 Å². The van der Waals surface area contributed by atoms with E-state index in [0.717, 1.165) is 18.0 Å². The van der Waals surface area contributed by atoms with E-state index in [2.05, 4.69) is 22.8 Å². The minimum atomic E-state index is 0.426. The van der Waals surface area contributed by atoms with Gasteiger partial charge in [-0.05, 0) is 51.2 Å². The Morgan fingerprint density at radius 2 is 1.87 bits per heavy atom. The summed E-state index contributed by atoms with van der Waals surface area (Å²) in [4.78, 5) is 0. The number of halogens is 1. The molecule has 84 valence electrons. The summed E-state index contributed by atoms with van der Waals surface area (Å²) in [6.45, 7) is 1.06. The molecule has 0 aliphatic rings. The molecule has 1 unspecified atom stereocenters. The number of nitrogens with one attached hydrogen (secondary N) is 2. The zero-order valence-corrected chi connectivity index (χ0v) is 10.1. The van der Waals surface area contributed by atoms with Gasteiger partial charge in [-0.2, -0.15) is 0 Å². The van der Waals surface area contributed by atoms with Crippen molar-refractivity contribution < 1.29 is 0 Å². The Kier molecular flexibility index (Phi) is 5.69. The molecular weight excluding hydrogens is 208 g/mol. The van der Waals surface area contributed by atoms with Crippen LogP contribution in [-0.4, -0.2) is 20.6 Å². The Balaban J connectivity index is 2.53. The molecule has 1 rings (SSSR count). The van der Waals surface area contributed by atoms with Gasteiger partial charge in [0, 0.05) is 11.1 Å². The topological polar surface area (TPSA) is 24.1 Å². The summed E-state index contributed by atoms with van der Waals surface area (Å²) in [6, 6.07) is 8.49. The third-order valence-electron chi connectivity index (χ3n) is 2.54. The van der Waals surface area contributed by atoms with Crippen LogP contribution in [0.3, 0.4) is 0 Å². The molecule has 0 spiro atoms. The monoisotopic (exact) mass is 226 g/mol. The largest absolute Gasteiger partial charge is 0.320 e. The van der Waals surface area contributed by atoms with Crippen molar-refractivity contribution in [2.24, 2.45) is 0 Å². The molecule has 15 heavy (non-hydrogen) atoms. The van der Waals surface area contributed by atoms with Gasteiger partial charge in [0.25, 0.3) is 0 Å². The fourth-order valence-electron chi connectivity index (χ4n) is 1.66. The lowest BCUT2D eigenvalue weighted by Gasteiger charge is -2.16. The van der Waals surface area contributed by atoms with E-state index in [1.165, 1.54) is 12.0 Å². The molecule has 0 bridgehead atoms. The maximum Gasteiger partial charge on any atom is 0.0406 e. The number of hydrogen-bond donors (Lipinski definition) is 2. The molecule has 1 atom stereocenters. The summed E-state index contributed by atoms with van der Waals surface area (Å²) in [7, 11) is 3.98. The average Bonchev–Trinajstić information content (AvgIpc) is 2.26. The maximum atomic E-state index is 5.86. The van der Waals surface area contributed by atoms with Crippen LogP contribution in [0.25, 0.3) is 0 Å². The van der Waals surface area contributed by atoms with Crippen molar-refractivity contribution in [1.82, 2.24) is 10.6 Å². The lowest BCUT2D eigenvalue weighted by molar-refractivity contribution is 0.518. The van der Waals surface area contributed by atoms with Crippen molar-refractivity contribution in [1.29, 1.82) is 0 Å². The van der Waals surface area contributed by atoms with Crippen molar-refractivity contribution in [2.45, 2.75) is 18.9 Å². The molecule has 0 aliphatic heterocycles. The fourth-order valence-corrected chi connectivity index (χ4v) is 1.78. The third-order valence-corrected chi connectivity index (χ3v) is 2.79. The first-order valence-electron chi connectivity index (χ1n) is 5.35. The molecule has 3 heteroatoms. The van der Waals surface area contributed by atoms with Crippen LogP contribution in [0.1, 0.15) is 24.4 Å². The minimum Gasteiger partial charge on any atom is -0.320 e. The first-order valence-corrected chi connectivity index (χ1v) is 5.73. The van der Waals surface area contributed by atoms with E-state index >= 15 is 0 Å². The van der Waals surface area contributed by atoms with Crippen molar-refractivity contribution in [3.63, 3.8) is 0 Å². The predicted molar refractivity (Wildman–Crippen MR) is 66.4 cm³/mol. The van der Waals surface area contributed by atoms with Gasteiger partial charge < -0.3 is 10.6 Å². The Morgan fingerprint density at radius 1 is 1.20 bits per heavy atom. The van der Waals surface area contributed by atoms with Crippen LogP contribution in [0.2, 0.25) is 5.02 Å². The summed E-state index contributed by atoms with van der Waals surface area (Å²) >= 11 is 5.86. The van der Waals surface area contributed by atoms with Gasteiger partial charge in [0.2, 0.25) is 0 Å². The summed E-state index contributed by atoms with van der Waals surface area (Å²) in [5.41, 5.74) is 1.30. The van der Waals surface area contributed by atoms with Crippen molar-refractivity contribution >= 4 is 11.6 Å².